The van der Waals surface area contributed by atoms with Crippen molar-refractivity contribution in [1.82, 2.24) is 0 Å². The van der Waals surface area contributed by atoms with Crippen LogP contribution in [0.2, 0.25) is 0 Å². The van der Waals surface area contributed by atoms with E-state index in [9.17, 15) is 5.11 Å². The molecule has 0 atom stereocenters. The molecule has 0 saturated heterocycles. The van der Waals surface area contributed by atoms with Gasteiger partial charge in [0.2, 0.25) is 0 Å². The van der Waals surface area contributed by atoms with E-state index in [0.29, 0.717) is 0 Å². The van der Waals surface area contributed by atoms with Crippen molar-refractivity contribution in [2.45, 2.75) is 52.1 Å². The Bertz CT molecular complexity index is 71.3. The molecular weight excluding hydrogens is 124 g/mol. The average Bonchev–Trinajstić information content (AvgIpc) is 1.78. The van der Waals surface area contributed by atoms with Crippen LogP contribution in [0.15, 0.2) is 0 Å². The van der Waals surface area contributed by atoms with E-state index in [0.717, 1.165) is 25.7 Å². The molecule has 0 aromatic carbocycles. The molecule has 1 heteroatoms. The summed E-state index contributed by atoms with van der Waals surface area (Å²) in [5.41, 5.74) is -0.471. The molecule has 0 aliphatic heterocycles. The van der Waals surface area contributed by atoms with Crippen molar-refractivity contribution in [2.75, 3.05) is 0 Å². The zero-order valence-electron chi connectivity index (χ0n) is 7.35. The first kappa shape index (κ1) is 9.96. The van der Waals surface area contributed by atoms with Gasteiger partial charge < -0.3 is 5.11 Å². The lowest BCUT2D eigenvalue weighted by Crippen LogP contribution is -2.17. The van der Waals surface area contributed by atoms with Crippen LogP contribution < -0.4 is 0 Å². The van der Waals surface area contributed by atoms with Crippen molar-refractivity contribution in [2.24, 2.45) is 0 Å². The van der Waals surface area contributed by atoms with Gasteiger partial charge in [0.1, 0.15) is 0 Å². The van der Waals surface area contributed by atoms with E-state index in [1.807, 2.05) is 13.8 Å². The summed E-state index contributed by atoms with van der Waals surface area (Å²) in [6, 6.07) is 0. The van der Waals surface area contributed by atoms with Gasteiger partial charge in [0.05, 0.1) is 5.60 Å². The van der Waals surface area contributed by atoms with E-state index in [1.165, 1.54) is 0 Å². The topological polar surface area (TPSA) is 20.2 Å². The van der Waals surface area contributed by atoms with E-state index in [4.69, 9.17) is 0 Å². The summed E-state index contributed by atoms with van der Waals surface area (Å²) < 4.78 is 0. The van der Waals surface area contributed by atoms with E-state index in [-0.39, 0.29) is 0 Å². The SMILES string of the molecule is CC[CH]CCCC(C)(C)O. The molecule has 1 radical (unpaired) electrons. The molecule has 0 bridgehead atoms. The number of hydrogen-bond donors (Lipinski definition) is 1. The number of aliphatic hydroxyl groups is 1. The maximum Gasteiger partial charge on any atom is 0.0591 e. The standard InChI is InChI=1S/C9H19O/c1-4-5-6-7-8-9(2,3)10/h5,10H,4,6-8H2,1-3H3. The number of unbranched alkanes of at least 4 members (excludes halogenated alkanes) is 3. The molecule has 0 saturated carbocycles. The maximum absolute atomic E-state index is 9.30. The lowest BCUT2D eigenvalue weighted by atomic mass is 10.0. The summed E-state index contributed by atoms with van der Waals surface area (Å²) in [5.74, 6) is 0. The van der Waals surface area contributed by atoms with Crippen LogP contribution in [0.4, 0.5) is 0 Å². The fraction of sp³-hybridized carbons (Fsp3) is 0.889. The van der Waals surface area contributed by atoms with Crippen LogP contribution in [0.1, 0.15) is 46.5 Å². The summed E-state index contributed by atoms with van der Waals surface area (Å²) in [6.45, 7) is 5.86. The predicted molar refractivity (Wildman–Crippen MR) is 44.7 cm³/mol. The van der Waals surface area contributed by atoms with Gasteiger partial charge in [-0.2, -0.15) is 0 Å². The average molecular weight is 143 g/mol. The van der Waals surface area contributed by atoms with Crippen LogP contribution in [-0.4, -0.2) is 10.7 Å². The van der Waals surface area contributed by atoms with Crippen molar-refractivity contribution in [3.63, 3.8) is 0 Å². The fourth-order valence-electron chi connectivity index (χ4n) is 0.883. The predicted octanol–water partition coefficient (Wildman–Crippen LogP) is 2.54. The Hall–Kier alpha value is -0.0400. The van der Waals surface area contributed by atoms with Crippen molar-refractivity contribution in [3.8, 4) is 0 Å². The van der Waals surface area contributed by atoms with Gasteiger partial charge in [-0.3, -0.25) is 0 Å². The van der Waals surface area contributed by atoms with Crippen LogP contribution in [0.25, 0.3) is 0 Å². The van der Waals surface area contributed by atoms with Crippen molar-refractivity contribution in [1.29, 1.82) is 0 Å². The molecule has 0 unspecified atom stereocenters. The Morgan fingerprint density at radius 2 is 2.00 bits per heavy atom. The van der Waals surface area contributed by atoms with Crippen molar-refractivity contribution < 1.29 is 5.11 Å². The second kappa shape index (κ2) is 4.73. The maximum atomic E-state index is 9.30. The van der Waals surface area contributed by atoms with Crippen molar-refractivity contribution >= 4 is 0 Å². The third-order valence-electron chi connectivity index (χ3n) is 1.49. The Morgan fingerprint density at radius 3 is 2.40 bits per heavy atom. The zero-order chi connectivity index (χ0) is 8.04. The molecule has 61 valence electrons. The summed E-state index contributed by atoms with van der Waals surface area (Å²) in [5, 5.41) is 9.30. The van der Waals surface area contributed by atoms with E-state index < -0.39 is 5.60 Å². The molecule has 0 heterocycles. The zero-order valence-corrected chi connectivity index (χ0v) is 7.35. The van der Waals surface area contributed by atoms with Gasteiger partial charge in [-0.05, 0) is 26.7 Å². The lowest BCUT2D eigenvalue weighted by Gasteiger charge is -2.15. The Morgan fingerprint density at radius 1 is 1.40 bits per heavy atom. The number of hydrogen-bond acceptors (Lipinski definition) is 1. The summed E-state index contributed by atoms with van der Waals surface area (Å²) in [7, 11) is 0. The highest BCUT2D eigenvalue weighted by Gasteiger charge is 2.10. The Balaban J connectivity index is 3.04. The molecule has 0 aromatic rings. The fourth-order valence-corrected chi connectivity index (χ4v) is 0.883. The van der Waals surface area contributed by atoms with Gasteiger partial charge in [0, 0.05) is 0 Å². The quantitative estimate of drug-likeness (QED) is 0.586. The van der Waals surface area contributed by atoms with Gasteiger partial charge in [-0.25, -0.2) is 0 Å². The van der Waals surface area contributed by atoms with Crippen LogP contribution in [0.3, 0.4) is 0 Å². The minimum Gasteiger partial charge on any atom is -0.390 e. The number of rotatable bonds is 5. The van der Waals surface area contributed by atoms with Gasteiger partial charge in [-0.15, -0.1) is 0 Å². The van der Waals surface area contributed by atoms with Crippen LogP contribution in [-0.2, 0) is 0 Å². The second-order valence-electron chi connectivity index (χ2n) is 3.40. The van der Waals surface area contributed by atoms with Crippen LogP contribution >= 0.6 is 0 Å². The van der Waals surface area contributed by atoms with Gasteiger partial charge in [0.25, 0.3) is 0 Å². The Kier molecular flexibility index (Phi) is 4.71. The molecular formula is C9H19O. The highest BCUT2D eigenvalue weighted by atomic mass is 16.3. The molecule has 0 aliphatic carbocycles. The Labute approximate surface area is 64.5 Å². The highest BCUT2D eigenvalue weighted by molar-refractivity contribution is 4.68. The van der Waals surface area contributed by atoms with Crippen molar-refractivity contribution in [3.05, 3.63) is 6.42 Å². The molecule has 0 aliphatic rings. The summed E-state index contributed by atoms with van der Waals surface area (Å²) in [4.78, 5) is 0. The molecule has 10 heavy (non-hydrogen) atoms. The first-order valence-electron chi connectivity index (χ1n) is 4.10. The van der Waals surface area contributed by atoms with E-state index >= 15 is 0 Å². The van der Waals surface area contributed by atoms with E-state index in [1.54, 1.807) is 0 Å². The first-order valence-corrected chi connectivity index (χ1v) is 4.10. The van der Waals surface area contributed by atoms with Crippen LogP contribution in [0, 0.1) is 6.42 Å². The second-order valence-corrected chi connectivity index (χ2v) is 3.40. The molecule has 0 fully saturated rings. The normalized spacial score (nSPS) is 12.0. The molecule has 0 spiro atoms. The largest absolute Gasteiger partial charge is 0.390 e. The summed E-state index contributed by atoms with van der Waals surface area (Å²) in [6.07, 6.45) is 6.55. The van der Waals surface area contributed by atoms with E-state index in [2.05, 4.69) is 13.3 Å². The molecule has 1 nitrogen and oxygen atoms in total. The molecule has 0 amide bonds. The molecule has 1 N–H and O–H groups in total. The summed E-state index contributed by atoms with van der Waals surface area (Å²) >= 11 is 0. The lowest BCUT2D eigenvalue weighted by molar-refractivity contribution is 0.0688. The minimum absolute atomic E-state index is 0.471. The highest BCUT2D eigenvalue weighted by Crippen LogP contribution is 2.12. The first-order chi connectivity index (χ1) is 4.56. The van der Waals surface area contributed by atoms with Gasteiger partial charge >= 0.3 is 0 Å². The smallest absolute Gasteiger partial charge is 0.0591 e. The third kappa shape index (κ3) is 7.96. The third-order valence-corrected chi connectivity index (χ3v) is 1.49. The molecule has 0 rings (SSSR count). The van der Waals surface area contributed by atoms with Gasteiger partial charge in [0.15, 0.2) is 0 Å². The monoisotopic (exact) mass is 143 g/mol. The van der Waals surface area contributed by atoms with Crippen LogP contribution in [0.5, 0.6) is 0 Å². The van der Waals surface area contributed by atoms with Gasteiger partial charge in [-0.1, -0.05) is 26.2 Å². The minimum atomic E-state index is -0.471. The molecule has 0 aromatic heterocycles.